The van der Waals surface area contributed by atoms with Crippen LogP contribution in [0.15, 0.2) is 12.4 Å². The Bertz CT molecular complexity index is 379. The van der Waals surface area contributed by atoms with E-state index in [1.807, 2.05) is 0 Å². The van der Waals surface area contributed by atoms with Crippen molar-refractivity contribution in [2.45, 2.75) is 45.6 Å². The van der Waals surface area contributed by atoms with Crippen molar-refractivity contribution in [3.8, 4) is 0 Å². The Morgan fingerprint density at radius 1 is 1.29 bits per heavy atom. The summed E-state index contributed by atoms with van der Waals surface area (Å²) in [6, 6.07) is 0.569. The number of aromatic nitrogens is 2. The molecule has 17 heavy (non-hydrogen) atoms. The fraction of sp³-hybridized carbons (Fsp3) is 0.692. The first-order chi connectivity index (χ1) is 7.98. The molecule has 1 aromatic heterocycles. The van der Waals surface area contributed by atoms with Gasteiger partial charge >= 0.3 is 0 Å². The average Bonchev–Trinajstić information content (AvgIpc) is 2.28. The normalized spacial score (nSPS) is 20.2. The van der Waals surface area contributed by atoms with Crippen LogP contribution in [0.5, 0.6) is 0 Å². The van der Waals surface area contributed by atoms with Crippen LogP contribution >= 0.6 is 0 Å². The molecule has 0 amide bonds. The van der Waals surface area contributed by atoms with E-state index >= 15 is 0 Å². The van der Waals surface area contributed by atoms with E-state index in [0.29, 0.717) is 17.3 Å². The van der Waals surface area contributed by atoms with Crippen LogP contribution in [0.25, 0.3) is 0 Å². The van der Waals surface area contributed by atoms with Gasteiger partial charge in [0.05, 0.1) is 12.4 Å². The molecule has 0 aromatic carbocycles. The number of anilines is 2. The number of nitrogen functional groups attached to an aromatic ring is 1. The Hall–Kier alpha value is -1.32. The van der Waals surface area contributed by atoms with Crippen molar-refractivity contribution in [3.05, 3.63) is 12.4 Å². The Labute approximate surface area is 103 Å². The molecule has 1 aromatic rings. The smallest absolute Gasteiger partial charge is 0.149 e. The van der Waals surface area contributed by atoms with Crippen LogP contribution in [-0.2, 0) is 0 Å². The summed E-state index contributed by atoms with van der Waals surface area (Å²) in [5.41, 5.74) is 6.17. The predicted molar refractivity (Wildman–Crippen MR) is 70.9 cm³/mol. The monoisotopic (exact) mass is 234 g/mol. The van der Waals surface area contributed by atoms with E-state index in [1.54, 1.807) is 12.4 Å². The highest BCUT2D eigenvalue weighted by molar-refractivity contribution is 5.41. The summed E-state index contributed by atoms with van der Waals surface area (Å²) in [7, 11) is 2.09. The van der Waals surface area contributed by atoms with Crippen LogP contribution in [0, 0.1) is 5.41 Å². The van der Waals surface area contributed by atoms with E-state index in [-0.39, 0.29) is 0 Å². The average molecular weight is 234 g/mol. The largest absolute Gasteiger partial charge is 0.382 e. The second-order valence-corrected chi connectivity index (χ2v) is 5.81. The number of nitrogens with two attached hydrogens (primary N) is 1. The van der Waals surface area contributed by atoms with Gasteiger partial charge in [0, 0.05) is 13.1 Å². The van der Waals surface area contributed by atoms with Crippen LogP contribution < -0.4 is 10.6 Å². The van der Waals surface area contributed by atoms with Crippen LogP contribution in [0.3, 0.4) is 0 Å². The van der Waals surface area contributed by atoms with Gasteiger partial charge in [0.1, 0.15) is 11.6 Å². The standard InChI is InChI=1S/C13H22N4/c1-13(2)6-4-10(5-7-13)17(3)12-9-15-8-11(14)16-12/h8-10H,4-7H2,1-3H3,(H2,14,16). The van der Waals surface area contributed by atoms with Gasteiger partial charge in [-0.15, -0.1) is 0 Å². The first kappa shape index (κ1) is 12.1. The van der Waals surface area contributed by atoms with Gasteiger partial charge in [-0.2, -0.15) is 0 Å². The molecule has 2 rings (SSSR count). The summed E-state index contributed by atoms with van der Waals surface area (Å²) in [5, 5.41) is 0. The third kappa shape index (κ3) is 2.87. The summed E-state index contributed by atoms with van der Waals surface area (Å²) in [5.74, 6) is 1.38. The number of nitrogens with zero attached hydrogens (tertiary/aromatic N) is 3. The molecule has 1 aliphatic carbocycles. The molecular weight excluding hydrogens is 212 g/mol. The van der Waals surface area contributed by atoms with E-state index < -0.39 is 0 Å². The Morgan fingerprint density at radius 3 is 2.53 bits per heavy atom. The summed E-state index contributed by atoms with van der Waals surface area (Å²) >= 11 is 0. The van der Waals surface area contributed by atoms with Crippen molar-refractivity contribution < 1.29 is 0 Å². The zero-order chi connectivity index (χ0) is 12.5. The molecule has 0 atom stereocenters. The summed E-state index contributed by atoms with van der Waals surface area (Å²) in [6.07, 6.45) is 8.37. The molecule has 0 radical (unpaired) electrons. The van der Waals surface area contributed by atoms with Gasteiger partial charge < -0.3 is 10.6 Å². The van der Waals surface area contributed by atoms with Gasteiger partial charge in [-0.05, 0) is 31.1 Å². The van der Waals surface area contributed by atoms with E-state index in [9.17, 15) is 0 Å². The summed E-state index contributed by atoms with van der Waals surface area (Å²) in [6.45, 7) is 4.70. The minimum absolute atomic E-state index is 0.491. The molecule has 0 unspecified atom stereocenters. The molecule has 2 N–H and O–H groups in total. The SMILES string of the molecule is CN(c1cncc(N)n1)C1CCC(C)(C)CC1. The van der Waals surface area contributed by atoms with Crippen molar-refractivity contribution >= 4 is 11.6 Å². The number of hydrogen-bond acceptors (Lipinski definition) is 4. The number of rotatable bonds is 2. The number of hydrogen-bond donors (Lipinski definition) is 1. The second-order valence-electron chi connectivity index (χ2n) is 5.81. The molecule has 4 heteroatoms. The zero-order valence-electron chi connectivity index (χ0n) is 11.0. The molecule has 1 aliphatic rings. The van der Waals surface area contributed by atoms with Gasteiger partial charge in [-0.25, -0.2) is 4.98 Å². The van der Waals surface area contributed by atoms with Gasteiger partial charge in [-0.3, -0.25) is 4.98 Å². The minimum atomic E-state index is 0.491. The quantitative estimate of drug-likeness (QED) is 0.854. The minimum Gasteiger partial charge on any atom is -0.382 e. The molecule has 1 saturated carbocycles. The van der Waals surface area contributed by atoms with Crippen molar-refractivity contribution in [2.24, 2.45) is 5.41 Å². The van der Waals surface area contributed by atoms with Gasteiger partial charge in [0.15, 0.2) is 0 Å². The van der Waals surface area contributed by atoms with Crippen molar-refractivity contribution in [3.63, 3.8) is 0 Å². The topological polar surface area (TPSA) is 55.0 Å². The van der Waals surface area contributed by atoms with Crippen molar-refractivity contribution in [1.29, 1.82) is 0 Å². The molecule has 1 heterocycles. The van der Waals surface area contributed by atoms with E-state index in [1.165, 1.54) is 25.7 Å². The molecule has 0 spiro atoms. The van der Waals surface area contributed by atoms with Crippen LogP contribution in [0.2, 0.25) is 0 Å². The maximum atomic E-state index is 5.67. The Morgan fingerprint density at radius 2 is 1.94 bits per heavy atom. The van der Waals surface area contributed by atoms with Crippen LogP contribution in [0.1, 0.15) is 39.5 Å². The van der Waals surface area contributed by atoms with Crippen LogP contribution in [-0.4, -0.2) is 23.1 Å². The summed E-state index contributed by atoms with van der Waals surface area (Å²) in [4.78, 5) is 10.6. The van der Waals surface area contributed by atoms with E-state index in [4.69, 9.17) is 5.73 Å². The van der Waals surface area contributed by atoms with E-state index in [2.05, 4.69) is 35.8 Å². The first-order valence-corrected chi connectivity index (χ1v) is 6.28. The molecule has 4 nitrogen and oxygen atoms in total. The third-order valence-electron chi connectivity index (χ3n) is 3.86. The highest BCUT2D eigenvalue weighted by Gasteiger charge is 2.29. The van der Waals surface area contributed by atoms with Crippen LogP contribution in [0.4, 0.5) is 11.6 Å². The molecular formula is C13H22N4. The molecule has 94 valence electrons. The lowest BCUT2D eigenvalue weighted by Gasteiger charge is -2.39. The summed E-state index contributed by atoms with van der Waals surface area (Å²) < 4.78 is 0. The zero-order valence-corrected chi connectivity index (χ0v) is 11.0. The van der Waals surface area contributed by atoms with E-state index in [0.717, 1.165) is 5.82 Å². The van der Waals surface area contributed by atoms with Gasteiger partial charge in [0.25, 0.3) is 0 Å². The lowest BCUT2D eigenvalue weighted by molar-refractivity contribution is 0.222. The van der Waals surface area contributed by atoms with Crippen molar-refractivity contribution in [1.82, 2.24) is 9.97 Å². The molecule has 0 bridgehead atoms. The molecule has 0 saturated heterocycles. The predicted octanol–water partition coefficient (Wildman–Crippen LogP) is 2.46. The fourth-order valence-corrected chi connectivity index (χ4v) is 2.50. The Balaban J connectivity index is 2.04. The maximum Gasteiger partial charge on any atom is 0.149 e. The molecule has 0 aliphatic heterocycles. The second kappa shape index (κ2) is 4.51. The first-order valence-electron chi connectivity index (χ1n) is 6.28. The lowest BCUT2D eigenvalue weighted by atomic mass is 9.75. The lowest BCUT2D eigenvalue weighted by Crippen LogP contribution is -2.37. The van der Waals surface area contributed by atoms with Gasteiger partial charge in [0.2, 0.25) is 0 Å². The molecule has 1 fully saturated rings. The highest BCUT2D eigenvalue weighted by atomic mass is 15.2. The maximum absolute atomic E-state index is 5.67. The van der Waals surface area contributed by atoms with Crippen molar-refractivity contribution in [2.75, 3.05) is 17.7 Å². The third-order valence-corrected chi connectivity index (χ3v) is 3.86. The fourth-order valence-electron chi connectivity index (χ4n) is 2.50. The highest BCUT2D eigenvalue weighted by Crippen LogP contribution is 2.37. The Kier molecular flexibility index (Phi) is 3.22. The van der Waals surface area contributed by atoms with Gasteiger partial charge in [-0.1, -0.05) is 13.8 Å².